The molecule has 0 spiro atoms. The van der Waals surface area contributed by atoms with E-state index >= 15 is 0 Å². The van der Waals surface area contributed by atoms with Gasteiger partial charge in [0.1, 0.15) is 0 Å². The van der Waals surface area contributed by atoms with Crippen LogP contribution in [0.5, 0.6) is 0 Å². The van der Waals surface area contributed by atoms with Gasteiger partial charge in [-0.3, -0.25) is 4.79 Å². The van der Waals surface area contributed by atoms with Crippen molar-refractivity contribution in [2.24, 2.45) is 5.92 Å². The number of anilines is 1. The fourth-order valence-electron chi connectivity index (χ4n) is 4.66. The van der Waals surface area contributed by atoms with E-state index in [0.29, 0.717) is 41.5 Å². The Morgan fingerprint density at radius 2 is 1.68 bits per heavy atom. The Labute approximate surface area is 218 Å². The van der Waals surface area contributed by atoms with Crippen LogP contribution in [0.3, 0.4) is 0 Å². The van der Waals surface area contributed by atoms with Gasteiger partial charge in [0.15, 0.2) is 0 Å². The molecule has 3 aromatic carbocycles. The zero-order valence-electron chi connectivity index (χ0n) is 21.5. The quantitative estimate of drug-likeness (QED) is 0.477. The molecule has 0 aliphatic carbocycles. The van der Waals surface area contributed by atoms with Gasteiger partial charge in [-0.2, -0.15) is 0 Å². The number of amides is 2. The van der Waals surface area contributed by atoms with Gasteiger partial charge in [0.25, 0.3) is 5.91 Å². The number of benzene rings is 3. The minimum absolute atomic E-state index is 0.0952. The van der Waals surface area contributed by atoms with Crippen LogP contribution in [0.25, 0.3) is 10.8 Å². The van der Waals surface area contributed by atoms with Crippen molar-refractivity contribution < 1.29 is 22.7 Å². The van der Waals surface area contributed by atoms with Crippen molar-refractivity contribution in [1.29, 1.82) is 0 Å². The summed E-state index contributed by atoms with van der Waals surface area (Å²) in [5.41, 5.74) is 1.95. The lowest BCUT2D eigenvalue weighted by Crippen LogP contribution is -2.51. The minimum Gasteiger partial charge on any atom is -0.447 e. The number of likely N-dealkylation sites (tertiary alicyclic amines) is 1. The smallest absolute Gasteiger partial charge is 0.410 e. The maximum atomic E-state index is 13.5. The molecule has 1 heterocycles. The average molecular weight is 524 g/mol. The number of ether oxygens (including phenoxy) is 1. The van der Waals surface area contributed by atoms with Gasteiger partial charge in [-0.15, -0.1) is 0 Å². The number of carbonyl (C=O) groups excluding carboxylic acids is 2. The lowest BCUT2D eigenvalue weighted by Gasteiger charge is -2.36. The van der Waals surface area contributed by atoms with Crippen LogP contribution in [0, 0.1) is 12.8 Å². The minimum atomic E-state index is -3.88. The molecular formula is C28H33N3O5S. The molecule has 1 aliphatic heterocycles. The van der Waals surface area contributed by atoms with Crippen molar-refractivity contribution in [2.45, 2.75) is 51.2 Å². The number of piperidine rings is 1. The van der Waals surface area contributed by atoms with E-state index in [9.17, 15) is 18.0 Å². The van der Waals surface area contributed by atoms with E-state index in [1.54, 1.807) is 55.1 Å². The summed E-state index contributed by atoms with van der Waals surface area (Å²) in [6.45, 7) is 8.20. The summed E-state index contributed by atoms with van der Waals surface area (Å²) in [5, 5.41) is 4.08. The summed E-state index contributed by atoms with van der Waals surface area (Å²) in [6.07, 6.45) is -0.106. The zero-order chi connectivity index (χ0) is 26.7. The Morgan fingerprint density at radius 3 is 2.35 bits per heavy atom. The second-order valence-electron chi connectivity index (χ2n) is 9.80. The second kappa shape index (κ2) is 10.9. The maximum Gasteiger partial charge on any atom is 0.410 e. The summed E-state index contributed by atoms with van der Waals surface area (Å²) >= 11 is 0. The highest BCUT2D eigenvalue weighted by atomic mass is 32.2. The van der Waals surface area contributed by atoms with Crippen molar-refractivity contribution in [1.82, 2.24) is 9.62 Å². The summed E-state index contributed by atoms with van der Waals surface area (Å²) in [7, 11) is -3.88. The third kappa shape index (κ3) is 5.94. The number of rotatable bonds is 6. The summed E-state index contributed by atoms with van der Waals surface area (Å²) in [6, 6.07) is 17.2. The molecule has 37 heavy (non-hydrogen) atoms. The average Bonchev–Trinajstić information content (AvgIpc) is 2.85. The molecule has 1 aliphatic rings. The van der Waals surface area contributed by atoms with Gasteiger partial charge in [0.05, 0.1) is 11.0 Å². The van der Waals surface area contributed by atoms with Gasteiger partial charge in [-0.05, 0) is 56.9 Å². The molecule has 9 heteroatoms. The highest BCUT2D eigenvalue weighted by Crippen LogP contribution is 2.31. The fraction of sp³-hybridized carbons (Fsp3) is 0.357. The predicted octanol–water partition coefficient (Wildman–Crippen LogP) is 4.93. The van der Waals surface area contributed by atoms with Gasteiger partial charge in [0, 0.05) is 41.2 Å². The number of carbonyl (C=O) groups is 2. The topological polar surface area (TPSA) is 105 Å². The van der Waals surface area contributed by atoms with E-state index < -0.39 is 10.0 Å². The maximum absolute atomic E-state index is 13.5. The number of sulfonamides is 1. The first kappa shape index (κ1) is 26.6. The van der Waals surface area contributed by atoms with Crippen LogP contribution in [0.4, 0.5) is 10.5 Å². The summed E-state index contributed by atoms with van der Waals surface area (Å²) in [5.74, 6) is -0.351. The Hall–Kier alpha value is -3.43. The van der Waals surface area contributed by atoms with Crippen LogP contribution < -0.4 is 10.0 Å². The van der Waals surface area contributed by atoms with Crippen LogP contribution in [-0.2, 0) is 14.8 Å². The molecule has 8 nitrogen and oxygen atoms in total. The molecule has 4 rings (SSSR count). The summed E-state index contributed by atoms with van der Waals surface area (Å²) in [4.78, 5) is 26.9. The molecule has 1 fully saturated rings. The lowest BCUT2D eigenvalue weighted by atomic mass is 9.95. The molecule has 1 saturated heterocycles. The first-order valence-electron chi connectivity index (χ1n) is 12.4. The van der Waals surface area contributed by atoms with Gasteiger partial charge in [-0.25, -0.2) is 17.9 Å². The van der Waals surface area contributed by atoms with Crippen LogP contribution in [0.1, 0.15) is 43.1 Å². The van der Waals surface area contributed by atoms with E-state index in [-0.39, 0.29) is 35.0 Å². The molecule has 0 radical (unpaired) electrons. The Balaban J connectivity index is 1.55. The first-order valence-corrected chi connectivity index (χ1v) is 13.9. The van der Waals surface area contributed by atoms with Crippen molar-refractivity contribution in [2.75, 3.05) is 18.4 Å². The van der Waals surface area contributed by atoms with Crippen molar-refractivity contribution in [3.63, 3.8) is 0 Å². The third-order valence-corrected chi connectivity index (χ3v) is 8.17. The van der Waals surface area contributed by atoms with Crippen molar-refractivity contribution in [3.05, 3.63) is 71.8 Å². The van der Waals surface area contributed by atoms with E-state index in [1.807, 2.05) is 32.0 Å². The lowest BCUT2D eigenvalue weighted by molar-refractivity contribution is 0.0600. The Bertz CT molecular complexity index is 1420. The number of nitrogens with zero attached hydrogens (tertiary/aromatic N) is 1. The largest absolute Gasteiger partial charge is 0.447 e. The number of fused-ring (bicyclic) bond motifs is 1. The molecule has 2 amide bonds. The highest BCUT2D eigenvalue weighted by Gasteiger charge is 2.33. The molecule has 2 N–H and O–H groups in total. The van der Waals surface area contributed by atoms with Crippen molar-refractivity contribution >= 4 is 38.5 Å². The van der Waals surface area contributed by atoms with Crippen LogP contribution in [0.2, 0.25) is 0 Å². The highest BCUT2D eigenvalue weighted by molar-refractivity contribution is 7.89. The number of nitrogens with one attached hydrogen (secondary N) is 2. The number of hydrogen-bond acceptors (Lipinski definition) is 5. The SMILES string of the molecule is Cc1ccccc1C(=O)Nc1ccc(S(=O)(=O)NC2CCN(C(=O)OC(C)C)CC2C)c2ccccc12. The zero-order valence-corrected chi connectivity index (χ0v) is 22.3. The molecular weight excluding hydrogens is 490 g/mol. The summed E-state index contributed by atoms with van der Waals surface area (Å²) < 4.78 is 35.2. The van der Waals surface area contributed by atoms with E-state index in [4.69, 9.17) is 4.74 Å². The van der Waals surface area contributed by atoms with Gasteiger partial charge in [-0.1, -0.05) is 49.4 Å². The molecule has 2 unspecified atom stereocenters. The molecule has 196 valence electrons. The number of hydrogen-bond donors (Lipinski definition) is 2. The number of aryl methyl sites for hydroxylation is 1. The Kier molecular flexibility index (Phi) is 7.85. The van der Waals surface area contributed by atoms with E-state index in [2.05, 4.69) is 10.0 Å². The van der Waals surface area contributed by atoms with Crippen molar-refractivity contribution in [3.8, 4) is 0 Å². The van der Waals surface area contributed by atoms with E-state index in [0.717, 1.165) is 5.56 Å². The van der Waals surface area contributed by atoms with Gasteiger partial charge >= 0.3 is 6.09 Å². The van der Waals surface area contributed by atoms with Crippen LogP contribution in [0.15, 0.2) is 65.6 Å². The standard InChI is InChI=1S/C28H33N3O5S/c1-18(2)36-28(33)31-16-15-24(20(4)17-31)30-37(34,35)26-14-13-25(22-11-7-8-12-23(22)26)29-27(32)21-10-6-5-9-19(21)3/h5-14,18,20,24,30H,15-17H2,1-4H3,(H,29,32). The Morgan fingerprint density at radius 1 is 1.00 bits per heavy atom. The fourth-order valence-corrected chi connectivity index (χ4v) is 6.25. The third-order valence-electron chi connectivity index (χ3n) is 6.62. The molecule has 3 aromatic rings. The molecule has 2 atom stereocenters. The predicted molar refractivity (Wildman–Crippen MR) is 144 cm³/mol. The van der Waals surface area contributed by atoms with Crippen LogP contribution >= 0.6 is 0 Å². The van der Waals surface area contributed by atoms with E-state index in [1.165, 1.54) is 6.07 Å². The first-order chi connectivity index (χ1) is 17.6. The van der Waals surface area contributed by atoms with Gasteiger partial charge in [0.2, 0.25) is 10.0 Å². The molecule has 0 bridgehead atoms. The normalized spacial score (nSPS) is 18.1. The van der Waals surface area contributed by atoms with Gasteiger partial charge < -0.3 is 15.0 Å². The second-order valence-corrected chi connectivity index (χ2v) is 11.5. The molecule has 0 saturated carbocycles. The monoisotopic (exact) mass is 523 g/mol. The molecule has 0 aromatic heterocycles. The van der Waals surface area contributed by atoms with Crippen LogP contribution in [-0.4, -0.2) is 50.6 Å².